The molecule has 1 aromatic carbocycles. The number of carbonyl (C=O) groups is 1. The van der Waals surface area contributed by atoms with Crippen LogP contribution >= 0.6 is 0 Å². The first-order valence-electron chi connectivity index (χ1n) is 9.75. The topological polar surface area (TPSA) is 32.8 Å². The highest BCUT2D eigenvalue weighted by Crippen LogP contribution is 2.65. The van der Waals surface area contributed by atoms with Gasteiger partial charge in [0.05, 0.1) is 25.2 Å². The molecule has 5 heterocycles. The van der Waals surface area contributed by atoms with Gasteiger partial charge < -0.3 is 9.64 Å². The summed E-state index contributed by atoms with van der Waals surface area (Å²) < 4.78 is 6.25. The predicted molar refractivity (Wildman–Crippen MR) is 93.4 cm³/mol. The molecule has 3 saturated heterocycles. The minimum Gasteiger partial charge on any atom is -0.373 e. The summed E-state index contributed by atoms with van der Waals surface area (Å²) in [4.78, 5) is 18.1. The first kappa shape index (κ1) is 13.5. The highest BCUT2D eigenvalue weighted by molar-refractivity contribution is 5.99. The SMILES string of the molecule is O=C1C[C@@H]2OCC=C3CN4CC[C@]56c7ccccc7N1[C@H]5[C@H]2[C@H]3C[C@@H]46. The molecule has 4 fully saturated rings. The van der Waals surface area contributed by atoms with E-state index < -0.39 is 0 Å². The van der Waals surface area contributed by atoms with Gasteiger partial charge in [0, 0.05) is 29.6 Å². The number of carbonyl (C=O) groups excluding carboxylic acids is 1. The molecule has 4 nitrogen and oxygen atoms in total. The first-order chi connectivity index (χ1) is 12.3. The van der Waals surface area contributed by atoms with Crippen molar-refractivity contribution in [3.63, 3.8) is 0 Å². The van der Waals surface area contributed by atoms with E-state index in [1.165, 1.54) is 30.6 Å². The second kappa shape index (κ2) is 4.18. The van der Waals surface area contributed by atoms with Crippen molar-refractivity contribution in [2.45, 2.75) is 42.9 Å². The largest absolute Gasteiger partial charge is 0.373 e. The van der Waals surface area contributed by atoms with Crippen molar-refractivity contribution in [1.29, 1.82) is 0 Å². The van der Waals surface area contributed by atoms with E-state index in [9.17, 15) is 4.79 Å². The van der Waals surface area contributed by atoms with Gasteiger partial charge in [-0.2, -0.15) is 0 Å². The minimum atomic E-state index is 0.104. The van der Waals surface area contributed by atoms with Crippen molar-refractivity contribution in [3.05, 3.63) is 41.5 Å². The third-order valence-corrected chi connectivity index (χ3v) is 8.22. The first-order valence-corrected chi connectivity index (χ1v) is 9.75. The van der Waals surface area contributed by atoms with Gasteiger partial charge in [-0.15, -0.1) is 0 Å². The second-order valence-electron chi connectivity index (χ2n) is 8.78. The van der Waals surface area contributed by atoms with E-state index in [0.717, 1.165) is 6.54 Å². The lowest BCUT2D eigenvalue weighted by atomic mass is 9.53. The van der Waals surface area contributed by atoms with Crippen LogP contribution in [0.4, 0.5) is 5.69 Å². The van der Waals surface area contributed by atoms with Gasteiger partial charge in [-0.1, -0.05) is 29.8 Å². The molecule has 0 N–H and O–H groups in total. The molecule has 0 aromatic heterocycles. The lowest BCUT2D eigenvalue weighted by Crippen LogP contribution is -2.69. The number of para-hydroxylation sites is 1. The summed E-state index contributed by atoms with van der Waals surface area (Å²) in [6.07, 6.45) is 5.43. The van der Waals surface area contributed by atoms with E-state index in [1.807, 2.05) is 0 Å². The van der Waals surface area contributed by atoms with E-state index >= 15 is 0 Å². The maximum atomic E-state index is 13.2. The van der Waals surface area contributed by atoms with Gasteiger partial charge in [0.1, 0.15) is 0 Å². The van der Waals surface area contributed by atoms with Crippen LogP contribution in [0.2, 0.25) is 0 Å². The predicted octanol–water partition coefficient (Wildman–Crippen LogP) is 2.09. The lowest BCUT2D eigenvalue weighted by Gasteiger charge is -2.58. The zero-order chi connectivity index (χ0) is 16.3. The third-order valence-electron chi connectivity index (χ3n) is 8.22. The summed E-state index contributed by atoms with van der Waals surface area (Å²) in [5.41, 5.74) is 4.35. The van der Waals surface area contributed by atoms with Crippen LogP contribution in [0.3, 0.4) is 0 Å². The average Bonchev–Trinajstić information content (AvgIpc) is 3.10. The van der Waals surface area contributed by atoms with Gasteiger partial charge in [-0.25, -0.2) is 0 Å². The van der Waals surface area contributed by atoms with Crippen LogP contribution in [-0.2, 0) is 14.9 Å². The Bertz CT molecular complexity index is 848. The standard InChI is InChI=1S/C21H22N2O2/c24-18-10-16-19-13-9-17-21(6-7-22(17)11-12(13)5-8-25-16)14-3-1-2-4-15(14)23(18)20(19)21/h1-5,13,16-17,19-20H,6-11H2/t13-,16-,17+,19-,20-,21+/m0/s1. The fourth-order valence-corrected chi connectivity index (χ4v) is 7.51. The smallest absolute Gasteiger partial charge is 0.229 e. The zero-order valence-electron chi connectivity index (χ0n) is 14.2. The Balaban J connectivity index is 1.55. The summed E-state index contributed by atoms with van der Waals surface area (Å²) in [7, 11) is 0. The molecule has 0 unspecified atom stereocenters. The van der Waals surface area contributed by atoms with Crippen LogP contribution in [-0.4, -0.2) is 48.7 Å². The van der Waals surface area contributed by atoms with Gasteiger partial charge in [-0.05, 0) is 36.9 Å². The lowest BCUT2D eigenvalue weighted by molar-refractivity contribution is -0.132. The number of ether oxygens (including phenoxy) is 1. The number of rotatable bonds is 0. The van der Waals surface area contributed by atoms with Crippen LogP contribution < -0.4 is 4.90 Å². The Morgan fingerprint density at radius 1 is 1.24 bits per heavy atom. The van der Waals surface area contributed by atoms with Crippen molar-refractivity contribution in [1.82, 2.24) is 4.90 Å². The molecule has 1 aliphatic carbocycles. The van der Waals surface area contributed by atoms with E-state index in [4.69, 9.17) is 4.74 Å². The number of hydrogen-bond acceptors (Lipinski definition) is 3. The van der Waals surface area contributed by atoms with Gasteiger partial charge in [0.2, 0.25) is 5.91 Å². The van der Waals surface area contributed by atoms with E-state index in [1.54, 1.807) is 5.57 Å². The maximum absolute atomic E-state index is 13.2. The Morgan fingerprint density at radius 2 is 2.16 bits per heavy atom. The molecule has 6 atom stereocenters. The number of piperidine rings is 2. The van der Waals surface area contributed by atoms with E-state index in [0.29, 0.717) is 36.9 Å². The zero-order valence-corrected chi connectivity index (χ0v) is 14.2. The highest BCUT2D eigenvalue weighted by atomic mass is 16.5. The fourth-order valence-electron chi connectivity index (χ4n) is 7.51. The number of nitrogens with zero attached hydrogens (tertiary/aromatic N) is 2. The number of hydrogen-bond donors (Lipinski definition) is 0. The van der Waals surface area contributed by atoms with Crippen molar-refractivity contribution >= 4 is 11.6 Å². The molecule has 5 aliphatic heterocycles. The van der Waals surface area contributed by atoms with Crippen molar-refractivity contribution in [2.75, 3.05) is 24.6 Å². The molecule has 1 aromatic rings. The third kappa shape index (κ3) is 1.33. The van der Waals surface area contributed by atoms with Crippen LogP contribution in [0, 0.1) is 11.8 Å². The molecule has 6 aliphatic rings. The number of benzene rings is 1. The molecule has 1 amide bonds. The molecule has 7 rings (SSSR count). The summed E-state index contributed by atoms with van der Waals surface area (Å²) in [5, 5.41) is 0. The Kier molecular flexibility index (Phi) is 2.27. The van der Waals surface area contributed by atoms with Crippen LogP contribution in [0.5, 0.6) is 0 Å². The maximum Gasteiger partial charge on any atom is 0.229 e. The minimum absolute atomic E-state index is 0.104. The van der Waals surface area contributed by atoms with Crippen LogP contribution in [0.1, 0.15) is 24.8 Å². The highest BCUT2D eigenvalue weighted by Gasteiger charge is 2.70. The Labute approximate surface area is 147 Å². The van der Waals surface area contributed by atoms with Gasteiger partial charge >= 0.3 is 0 Å². The van der Waals surface area contributed by atoms with E-state index in [-0.39, 0.29) is 17.4 Å². The molecular formula is C21H22N2O2. The summed E-state index contributed by atoms with van der Waals surface area (Å²) in [6.45, 7) is 2.97. The Hall–Kier alpha value is -1.65. The number of amides is 1. The monoisotopic (exact) mass is 334 g/mol. The number of fused-ring (bicyclic) bond motifs is 2. The molecule has 2 bridgehead atoms. The summed E-state index contributed by atoms with van der Waals surface area (Å²) in [6, 6.07) is 9.64. The molecule has 25 heavy (non-hydrogen) atoms. The molecular weight excluding hydrogens is 312 g/mol. The molecule has 128 valence electrons. The summed E-state index contributed by atoms with van der Waals surface area (Å²) >= 11 is 0. The van der Waals surface area contributed by atoms with Gasteiger partial charge in [0.15, 0.2) is 0 Å². The van der Waals surface area contributed by atoms with Crippen molar-refractivity contribution in [3.8, 4) is 0 Å². The quantitative estimate of drug-likeness (QED) is 0.681. The van der Waals surface area contributed by atoms with E-state index in [2.05, 4.69) is 40.1 Å². The van der Waals surface area contributed by atoms with Crippen molar-refractivity contribution < 1.29 is 9.53 Å². The fraction of sp³-hybridized carbons (Fsp3) is 0.571. The normalized spacial score (nSPS) is 45.9. The number of anilines is 1. The van der Waals surface area contributed by atoms with Gasteiger partial charge in [0.25, 0.3) is 0 Å². The summed E-state index contributed by atoms with van der Waals surface area (Å²) in [5.74, 6) is 1.35. The van der Waals surface area contributed by atoms with Crippen LogP contribution in [0.15, 0.2) is 35.9 Å². The van der Waals surface area contributed by atoms with Crippen LogP contribution in [0.25, 0.3) is 0 Å². The molecule has 1 spiro atoms. The Morgan fingerprint density at radius 3 is 3.12 bits per heavy atom. The van der Waals surface area contributed by atoms with Gasteiger partial charge in [-0.3, -0.25) is 9.69 Å². The second-order valence-corrected chi connectivity index (χ2v) is 8.78. The van der Waals surface area contributed by atoms with Crippen molar-refractivity contribution in [2.24, 2.45) is 11.8 Å². The molecule has 4 heteroatoms. The average molecular weight is 334 g/mol. The molecule has 0 radical (unpaired) electrons. The molecule has 1 saturated carbocycles.